The lowest BCUT2D eigenvalue weighted by atomic mass is 10.0. The molecule has 4 nitrogen and oxygen atoms in total. The van der Waals surface area contributed by atoms with Crippen molar-refractivity contribution >= 4 is 23.1 Å². The average molecular weight is 254 g/mol. The van der Waals surface area contributed by atoms with Gasteiger partial charge in [0.05, 0.1) is 0 Å². The predicted octanol–water partition coefficient (Wildman–Crippen LogP) is 2.42. The second kappa shape index (κ2) is 9.68. The van der Waals surface area contributed by atoms with E-state index in [9.17, 15) is 19.2 Å². The highest BCUT2D eigenvalue weighted by atomic mass is 16.1. The maximum absolute atomic E-state index is 11.3. The van der Waals surface area contributed by atoms with E-state index >= 15 is 0 Å². The Morgan fingerprint density at radius 2 is 0.889 bits per heavy atom. The largest absolute Gasteiger partial charge is 0.300 e. The van der Waals surface area contributed by atoms with Crippen LogP contribution in [0, 0.1) is 0 Å². The first kappa shape index (κ1) is 16.7. The summed E-state index contributed by atoms with van der Waals surface area (Å²) in [6.45, 7) is 2.95. The summed E-state index contributed by atoms with van der Waals surface area (Å²) in [5.41, 5.74) is 0. The number of ketones is 4. The van der Waals surface area contributed by atoms with Crippen LogP contribution in [0.4, 0.5) is 0 Å². The number of Topliss-reactive ketones (excluding diaryl/α,β-unsaturated/α-hetero) is 4. The standard InChI is InChI=1S/C14H22O4/c1-11(15)7-9-13(17)5-3-4-6-14(18)10-8-12(2)16/h3-10H2,1-2H3. The summed E-state index contributed by atoms with van der Waals surface area (Å²) < 4.78 is 0. The van der Waals surface area contributed by atoms with Crippen molar-refractivity contribution < 1.29 is 19.2 Å². The SMILES string of the molecule is CC(=O)CCC(=O)CCCCC(=O)CCC(C)=O. The molecule has 0 atom stereocenters. The van der Waals surface area contributed by atoms with Crippen molar-refractivity contribution in [1.82, 2.24) is 0 Å². The fraction of sp³-hybridized carbons (Fsp3) is 0.714. The van der Waals surface area contributed by atoms with Gasteiger partial charge < -0.3 is 9.59 Å². The molecular formula is C14H22O4. The molecule has 0 aliphatic heterocycles. The van der Waals surface area contributed by atoms with Crippen LogP contribution in [0.2, 0.25) is 0 Å². The van der Waals surface area contributed by atoms with E-state index in [1.165, 1.54) is 13.8 Å². The molecule has 0 saturated heterocycles. The van der Waals surface area contributed by atoms with Gasteiger partial charge in [-0.15, -0.1) is 0 Å². The van der Waals surface area contributed by atoms with Crippen molar-refractivity contribution in [3.8, 4) is 0 Å². The van der Waals surface area contributed by atoms with Gasteiger partial charge in [-0.2, -0.15) is 0 Å². The minimum Gasteiger partial charge on any atom is -0.300 e. The first-order valence-corrected chi connectivity index (χ1v) is 6.44. The molecule has 0 aromatic carbocycles. The van der Waals surface area contributed by atoms with Gasteiger partial charge in [0, 0.05) is 38.5 Å². The van der Waals surface area contributed by atoms with Crippen LogP contribution in [0.25, 0.3) is 0 Å². The molecule has 102 valence electrons. The lowest BCUT2D eigenvalue weighted by Crippen LogP contribution is -2.03. The summed E-state index contributed by atoms with van der Waals surface area (Å²) in [6, 6.07) is 0. The maximum Gasteiger partial charge on any atom is 0.133 e. The third-order valence-electron chi connectivity index (χ3n) is 2.67. The Bertz CT molecular complexity index is 286. The Morgan fingerprint density at radius 1 is 0.556 bits per heavy atom. The van der Waals surface area contributed by atoms with Gasteiger partial charge in [0.25, 0.3) is 0 Å². The van der Waals surface area contributed by atoms with Crippen LogP contribution in [0.15, 0.2) is 0 Å². The van der Waals surface area contributed by atoms with E-state index in [0.717, 1.165) is 0 Å². The third-order valence-corrected chi connectivity index (χ3v) is 2.67. The highest BCUT2D eigenvalue weighted by Crippen LogP contribution is 2.07. The molecule has 0 unspecified atom stereocenters. The van der Waals surface area contributed by atoms with Crippen molar-refractivity contribution in [2.24, 2.45) is 0 Å². The summed E-state index contributed by atoms with van der Waals surface area (Å²) in [7, 11) is 0. The third kappa shape index (κ3) is 11.2. The van der Waals surface area contributed by atoms with Crippen LogP contribution < -0.4 is 0 Å². The predicted molar refractivity (Wildman–Crippen MR) is 68.3 cm³/mol. The highest BCUT2D eigenvalue weighted by molar-refractivity contribution is 5.85. The summed E-state index contributed by atoms with van der Waals surface area (Å²) in [6.07, 6.45) is 3.50. The number of hydrogen-bond acceptors (Lipinski definition) is 4. The number of carbonyl (C=O) groups excluding carboxylic acids is 4. The number of rotatable bonds is 11. The van der Waals surface area contributed by atoms with Crippen molar-refractivity contribution in [3.63, 3.8) is 0 Å². The molecule has 0 radical (unpaired) electrons. The molecule has 0 aliphatic rings. The van der Waals surface area contributed by atoms with E-state index in [1.54, 1.807) is 0 Å². The number of unbranched alkanes of at least 4 members (excludes halogenated alkanes) is 1. The summed E-state index contributed by atoms with van der Waals surface area (Å²) in [5.74, 6) is 0.230. The molecule has 0 aromatic rings. The van der Waals surface area contributed by atoms with Crippen LogP contribution in [-0.4, -0.2) is 23.1 Å². The smallest absolute Gasteiger partial charge is 0.133 e. The Hall–Kier alpha value is -1.32. The topological polar surface area (TPSA) is 68.3 Å². The molecule has 0 rings (SSSR count). The zero-order valence-corrected chi connectivity index (χ0v) is 11.3. The molecule has 0 heterocycles. The fourth-order valence-corrected chi connectivity index (χ4v) is 1.53. The number of hydrogen-bond donors (Lipinski definition) is 0. The molecule has 0 N–H and O–H groups in total. The Balaban J connectivity index is 3.49. The van der Waals surface area contributed by atoms with Crippen LogP contribution in [0.3, 0.4) is 0 Å². The Morgan fingerprint density at radius 3 is 1.17 bits per heavy atom. The molecule has 0 fully saturated rings. The van der Waals surface area contributed by atoms with E-state index in [0.29, 0.717) is 51.4 Å². The zero-order valence-electron chi connectivity index (χ0n) is 11.3. The minimum absolute atomic E-state index is 0.0303. The second-order valence-electron chi connectivity index (χ2n) is 4.69. The lowest BCUT2D eigenvalue weighted by molar-refractivity contribution is -0.124. The van der Waals surface area contributed by atoms with Gasteiger partial charge in [-0.1, -0.05) is 0 Å². The molecule has 4 heteroatoms. The summed E-state index contributed by atoms with van der Waals surface area (Å²) in [4.78, 5) is 44.0. The monoisotopic (exact) mass is 254 g/mol. The van der Waals surface area contributed by atoms with Crippen LogP contribution in [-0.2, 0) is 19.2 Å². The molecule has 0 aromatic heterocycles. The Labute approximate surface area is 108 Å². The molecule has 0 bridgehead atoms. The van der Waals surface area contributed by atoms with E-state index in [4.69, 9.17) is 0 Å². The zero-order chi connectivity index (χ0) is 14.0. The minimum atomic E-state index is 0.0303. The van der Waals surface area contributed by atoms with Crippen molar-refractivity contribution in [1.29, 1.82) is 0 Å². The summed E-state index contributed by atoms with van der Waals surface area (Å²) >= 11 is 0. The van der Waals surface area contributed by atoms with E-state index in [2.05, 4.69) is 0 Å². The first-order valence-electron chi connectivity index (χ1n) is 6.44. The highest BCUT2D eigenvalue weighted by Gasteiger charge is 2.06. The van der Waals surface area contributed by atoms with Crippen LogP contribution in [0.1, 0.15) is 65.2 Å². The van der Waals surface area contributed by atoms with Crippen molar-refractivity contribution in [2.45, 2.75) is 65.2 Å². The average Bonchev–Trinajstić information content (AvgIpc) is 2.29. The Kier molecular flexibility index (Phi) is 8.97. The van der Waals surface area contributed by atoms with Gasteiger partial charge in [0.2, 0.25) is 0 Å². The van der Waals surface area contributed by atoms with Gasteiger partial charge in [-0.05, 0) is 26.7 Å². The van der Waals surface area contributed by atoms with E-state index in [1.807, 2.05) is 0 Å². The van der Waals surface area contributed by atoms with Gasteiger partial charge in [-0.3, -0.25) is 9.59 Å². The molecule has 0 saturated carbocycles. The van der Waals surface area contributed by atoms with E-state index < -0.39 is 0 Å². The fourth-order valence-electron chi connectivity index (χ4n) is 1.53. The molecular weight excluding hydrogens is 232 g/mol. The molecule has 0 amide bonds. The van der Waals surface area contributed by atoms with Crippen molar-refractivity contribution in [2.75, 3.05) is 0 Å². The molecule has 0 spiro atoms. The van der Waals surface area contributed by atoms with E-state index in [-0.39, 0.29) is 23.1 Å². The van der Waals surface area contributed by atoms with Gasteiger partial charge in [0.15, 0.2) is 0 Å². The summed E-state index contributed by atoms with van der Waals surface area (Å²) in [5, 5.41) is 0. The van der Waals surface area contributed by atoms with Crippen molar-refractivity contribution in [3.05, 3.63) is 0 Å². The molecule has 18 heavy (non-hydrogen) atoms. The lowest BCUT2D eigenvalue weighted by Gasteiger charge is -2.00. The van der Waals surface area contributed by atoms with Gasteiger partial charge >= 0.3 is 0 Å². The second-order valence-corrected chi connectivity index (χ2v) is 4.69. The normalized spacial score (nSPS) is 10.1. The maximum atomic E-state index is 11.3. The van der Waals surface area contributed by atoms with Gasteiger partial charge in [0.1, 0.15) is 23.1 Å². The van der Waals surface area contributed by atoms with Gasteiger partial charge in [-0.25, -0.2) is 0 Å². The number of carbonyl (C=O) groups is 4. The van der Waals surface area contributed by atoms with Crippen LogP contribution in [0.5, 0.6) is 0 Å². The molecule has 0 aliphatic carbocycles. The van der Waals surface area contributed by atoms with Crippen LogP contribution >= 0.6 is 0 Å². The quantitative estimate of drug-likeness (QED) is 0.531. The first-order chi connectivity index (χ1) is 8.41.